The van der Waals surface area contributed by atoms with Gasteiger partial charge >= 0.3 is 6.09 Å². The molecule has 2 aromatic carbocycles. The molecule has 8 nitrogen and oxygen atoms in total. The quantitative estimate of drug-likeness (QED) is 0.455. The average molecular weight is 502 g/mol. The van der Waals surface area contributed by atoms with Crippen molar-refractivity contribution in [2.45, 2.75) is 26.5 Å². The van der Waals surface area contributed by atoms with Gasteiger partial charge in [0.05, 0.1) is 18.8 Å². The first-order valence-electron chi connectivity index (χ1n) is 11.1. The molecule has 2 amide bonds. The fourth-order valence-corrected chi connectivity index (χ4v) is 3.86. The van der Waals surface area contributed by atoms with Crippen LogP contribution in [0.15, 0.2) is 58.7 Å². The van der Waals surface area contributed by atoms with Crippen LogP contribution in [0.25, 0.3) is 11.1 Å². The molecule has 0 unspecified atom stereocenters. The molecule has 1 fully saturated rings. The number of ether oxygens (including phenoxy) is 1. The number of hydrogen-bond acceptors (Lipinski definition) is 6. The molecule has 0 spiro atoms. The van der Waals surface area contributed by atoms with Crippen LogP contribution in [0.2, 0.25) is 0 Å². The van der Waals surface area contributed by atoms with Crippen LogP contribution >= 0.6 is 11.6 Å². The molecule has 1 aliphatic heterocycles. The van der Waals surface area contributed by atoms with Crippen LogP contribution in [0.1, 0.15) is 19.4 Å². The van der Waals surface area contributed by atoms with Crippen molar-refractivity contribution < 1.29 is 18.7 Å². The molecule has 0 radical (unpaired) electrons. The Kier molecular flexibility index (Phi) is 8.84. The summed E-state index contributed by atoms with van der Waals surface area (Å²) in [6.45, 7) is 4.65. The summed E-state index contributed by atoms with van der Waals surface area (Å²) in [6.07, 6.45) is -1.06. The smallest absolute Gasteiger partial charge is 0.414 e. The number of nitrogens with one attached hydrogen (secondary N) is 2. The predicted molar refractivity (Wildman–Crippen MR) is 136 cm³/mol. The molecule has 0 saturated carbocycles. The van der Waals surface area contributed by atoms with Crippen molar-refractivity contribution >= 4 is 34.5 Å². The van der Waals surface area contributed by atoms with Gasteiger partial charge in [-0.3, -0.25) is 14.7 Å². The van der Waals surface area contributed by atoms with Gasteiger partial charge in [0.15, 0.2) is 0 Å². The topological polar surface area (TPSA) is 109 Å². The summed E-state index contributed by atoms with van der Waals surface area (Å²) in [4.78, 5) is 28.6. The molecule has 1 atom stereocenters. The zero-order chi connectivity index (χ0) is 25.5. The van der Waals surface area contributed by atoms with Gasteiger partial charge < -0.3 is 21.1 Å². The minimum absolute atomic E-state index is 0.209. The van der Waals surface area contributed by atoms with Crippen LogP contribution < -0.4 is 21.3 Å². The van der Waals surface area contributed by atoms with E-state index in [0.717, 1.165) is 11.1 Å². The molecule has 1 aliphatic rings. The number of nitrogens with two attached hydrogens (primary N) is 1. The zero-order valence-electron chi connectivity index (χ0n) is 19.9. The molecule has 2 aromatic rings. The van der Waals surface area contributed by atoms with E-state index in [1.54, 1.807) is 26.1 Å². The van der Waals surface area contributed by atoms with E-state index in [-0.39, 0.29) is 19.0 Å². The highest BCUT2D eigenvalue weighted by molar-refractivity contribution is 6.69. The molecule has 10 heteroatoms. The Bertz CT molecular complexity index is 1150. The molecule has 1 saturated heterocycles. The number of hydrogen-bond donors (Lipinski definition) is 3. The number of cyclic esters (lactones) is 1. The third kappa shape index (κ3) is 6.80. The first-order valence-corrected chi connectivity index (χ1v) is 11.5. The van der Waals surface area contributed by atoms with E-state index in [1.807, 2.05) is 24.3 Å². The van der Waals surface area contributed by atoms with Crippen LogP contribution in [0.5, 0.6) is 0 Å². The second-order valence-electron chi connectivity index (χ2n) is 8.19. The third-order valence-electron chi connectivity index (χ3n) is 5.53. The third-order valence-corrected chi connectivity index (χ3v) is 5.93. The van der Waals surface area contributed by atoms with Gasteiger partial charge in [-0.1, -0.05) is 35.9 Å². The van der Waals surface area contributed by atoms with Gasteiger partial charge in [0.2, 0.25) is 5.91 Å². The Morgan fingerprint density at radius 1 is 1.26 bits per heavy atom. The van der Waals surface area contributed by atoms with Crippen molar-refractivity contribution in [1.82, 2.24) is 10.6 Å². The van der Waals surface area contributed by atoms with Crippen LogP contribution in [-0.2, 0) is 16.1 Å². The monoisotopic (exact) mass is 501 g/mol. The lowest BCUT2D eigenvalue weighted by atomic mass is 10.0. The van der Waals surface area contributed by atoms with Gasteiger partial charge in [-0.15, -0.1) is 0 Å². The summed E-state index contributed by atoms with van der Waals surface area (Å²) >= 11 is 6.10. The number of amides is 2. The largest absolute Gasteiger partial charge is 0.442 e. The van der Waals surface area contributed by atoms with E-state index in [9.17, 15) is 14.0 Å². The van der Waals surface area contributed by atoms with E-state index in [4.69, 9.17) is 22.1 Å². The molecule has 4 N–H and O–H groups in total. The maximum atomic E-state index is 15.0. The second kappa shape index (κ2) is 11.8. The van der Waals surface area contributed by atoms with E-state index in [0.29, 0.717) is 40.8 Å². The molecule has 186 valence electrons. The number of aliphatic imine (C=N–C) groups is 1. The summed E-state index contributed by atoms with van der Waals surface area (Å²) in [5, 5.41) is 6.27. The SMILES string of the molecule is CN=C(Cl)C(CNCc1ccc(-c2ccc(N3C[C@H](CNC(C)=O)OC3=O)cc2F)cc1)=C(C)N. The van der Waals surface area contributed by atoms with Gasteiger partial charge in [0.25, 0.3) is 0 Å². The molecule has 0 aliphatic carbocycles. The van der Waals surface area contributed by atoms with Crippen molar-refractivity contribution in [3.8, 4) is 11.1 Å². The van der Waals surface area contributed by atoms with Crippen molar-refractivity contribution in [3.63, 3.8) is 0 Å². The number of anilines is 1. The predicted octanol–water partition coefficient (Wildman–Crippen LogP) is 3.54. The highest BCUT2D eigenvalue weighted by Gasteiger charge is 2.32. The molecule has 3 rings (SSSR count). The van der Waals surface area contributed by atoms with E-state index in [2.05, 4.69) is 15.6 Å². The van der Waals surface area contributed by atoms with Crippen molar-refractivity contribution in [1.29, 1.82) is 0 Å². The first kappa shape index (κ1) is 26.2. The van der Waals surface area contributed by atoms with Gasteiger partial charge in [0, 0.05) is 43.9 Å². The maximum Gasteiger partial charge on any atom is 0.414 e. The summed E-state index contributed by atoms with van der Waals surface area (Å²) < 4.78 is 20.2. The van der Waals surface area contributed by atoms with Crippen LogP contribution in [-0.4, -0.2) is 50.0 Å². The Hall–Kier alpha value is -3.43. The fraction of sp³-hybridized carbons (Fsp3) is 0.320. The number of carbonyl (C=O) groups is 2. The lowest BCUT2D eigenvalue weighted by Gasteiger charge is -2.15. The molecule has 0 bridgehead atoms. The number of allylic oxidation sites excluding steroid dienone is 1. The van der Waals surface area contributed by atoms with Crippen molar-refractivity contribution in [2.75, 3.05) is 31.6 Å². The normalized spacial score (nSPS) is 16.7. The highest BCUT2D eigenvalue weighted by Crippen LogP contribution is 2.29. The Morgan fingerprint density at radius 3 is 2.57 bits per heavy atom. The second-order valence-corrected chi connectivity index (χ2v) is 8.55. The average Bonchev–Trinajstić information content (AvgIpc) is 3.20. The van der Waals surface area contributed by atoms with E-state index >= 15 is 0 Å². The minimum Gasteiger partial charge on any atom is -0.442 e. The van der Waals surface area contributed by atoms with Gasteiger partial charge in [-0.2, -0.15) is 0 Å². The number of carbonyl (C=O) groups excluding carboxylic acids is 2. The van der Waals surface area contributed by atoms with Crippen LogP contribution in [0, 0.1) is 5.82 Å². The molecule has 1 heterocycles. The number of benzene rings is 2. The Labute approximate surface area is 209 Å². The Morgan fingerprint density at radius 2 is 1.97 bits per heavy atom. The van der Waals surface area contributed by atoms with E-state index < -0.39 is 18.0 Å². The molecular weight excluding hydrogens is 473 g/mol. The summed E-state index contributed by atoms with van der Waals surface area (Å²) in [7, 11) is 1.61. The molecule has 0 aromatic heterocycles. The molecule has 35 heavy (non-hydrogen) atoms. The van der Waals surface area contributed by atoms with Crippen LogP contribution in [0.3, 0.4) is 0 Å². The number of rotatable bonds is 9. The first-order chi connectivity index (χ1) is 16.7. The lowest BCUT2D eigenvalue weighted by molar-refractivity contribution is -0.119. The summed E-state index contributed by atoms with van der Waals surface area (Å²) in [5.41, 5.74) is 9.77. The standard InChI is InChI=1S/C25H29ClFN5O3/c1-15(28)22(24(26)29-3)13-30-11-17-4-6-18(7-5-17)21-9-8-19(10-23(21)27)32-14-20(35-25(32)34)12-31-16(2)33/h4-10,20,30H,11-14,28H2,1-3H3,(H,31,33)/t20-/m0/s1. The van der Waals surface area contributed by atoms with E-state index in [1.165, 1.54) is 17.9 Å². The minimum atomic E-state index is -0.571. The lowest BCUT2D eigenvalue weighted by Crippen LogP contribution is -2.33. The summed E-state index contributed by atoms with van der Waals surface area (Å²) in [5.74, 6) is -0.660. The Balaban J connectivity index is 1.63. The van der Waals surface area contributed by atoms with Gasteiger partial charge in [0.1, 0.15) is 17.1 Å². The van der Waals surface area contributed by atoms with Gasteiger partial charge in [-0.05, 0) is 36.2 Å². The zero-order valence-corrected chi connectivity index (χ0v) is 20.7. The van der Waals surface area contributed by atoms with Crippen molar-refractivity contribution in [2.24, 2.45) is 10.7 Å². The number of nitrogens with zero attached hydrogens (tertiary/aromatic N) is 2. The summed E-state index contributed by atoms with van der Waals surface area (Å²) in [6, 6.07) is 12.1. The fourth-order valence-electron chi connectivity index (χ4n) is 3.65. The van der Waals surface area contributed by atoms with Crippen LogP contribution in [0.4, 0.5) is 14.9 Å². The maximum absolute atomic E-state index is 15.0. The highest BCUT2D eigenvalue weighted by atomic mass is 35.5. The van der Waals surface area contributed by atoms with Gasteiger partial charge in [-0.25, -0.2) is 9.18 Å². The molecular formula is C25H29ClFN5O3. The number of halogens is 2. The van der Waals surface area contributed by atoms with Crippen molar-refractivity contribution in [3.05, 3.63) is 65.1 Å².